The number of nitrogens with one attached hydrogen (secondary N) is 2. The second-order valence-electron chi connectivity index (χ2n) is 4.98. The van der Waals surface area contributed by atoms with Gasteiger partial charge in [0.2, 0.25) is 0 Å². The molecule has 1 fully saturated rings. The Labute approximate surface area is 117 Å². The highest BCUT2D eigenvalue weighted by Crippen LogP contribution is 2.33. The van der Waals surface area contributed by atoms with Crippen LogP contribution in [0.4, 0.5) is 11.6 Å². The Morgan fingerprint density at radius 3 is 2.90 bits per heavy atom. The lowest BCUT2D eigenvalue weighted by molar-refractivity contribution is 0.101. The second-order valence-corrected chi connectivity index (χ2v) is 4.98. The molecule has 0 unspecified atom stereocenters. The highest BCUT2D eigenvalue weighted by Gasteiger charge is 2.19. The van der Waals surface area contributed by atoms with E-state index in [-0.39, 0.29) is 5.78 Å². The third-order valence-corrected chi connectivity index (χ3v) is 3.48. The van der Waals surface area contributed by atoms with Crippen molar-refractivity contribution < 1.29 is 4.79 Å². The van der Waals surface area contributed by atoms with Crippen molar-refractivity contribution in [2.75, 3.05) is 5.32 Å². The molecule has 3 rings (SSSR count). The lowest BCUT2D eigenvalue weighted by Crippen LogP contribution is -2.00. The predicted molar refractivity (Wildman–Crippen MR) is 74.8 cm³/mol. The summed E-state index contributed by atoms with van der Waals surface area (Å²) in [4.78, 5) is 19.3. The average Bonchev–Trinajstić information content (AvgIpc) is 3.09. The highest BCUT2D eigenvalue weighted by atomic mass is 16.1. The summed E-state index contributed by atoms with van der Waals surface area (Å²) in [6, 6.07) is 2.00. The van der Waals surface area contributed by atoms with Gasteiger partial charge in [-0.15, -0.1) is 0 Å². The van der Waals surface area contributed by atoms with E-state index in [1.807, 2.05) is 6.07 Å². The van der Waals surface area contributed by atoms with E-state index in [0.29, 0.717) is 17.4 Å². The number of ketones is 1. The van der Waals surface area contributed by atoms with Crippen molar-refractivity contribution in [3.05, 3.63) is 36.3 Å². The monoisotopic (exact) mass is 270 g/mol. The number of rotatable bonds is 4. The van der Waals surface area contributed by atoms with Crippen molar-refractivity contribution in [1.29, 1.82) is 0 Å². The molecule has 6 nitrogen and oxygen atoms in total. The Kier molecular flexibility index (Phi) is 3.45. The first-order valence-electron chi connectivity index (χ1n) is 6.69. The van der Waals surface area contributed by atoms with Crippen molar-refractivity contribution >= 4 is 17.4 Å². The highest BCUT2D eigenvalue weighted by molar-refractivity contribution is 5.91. The van der Waals surface area contributed by atoms with Crippen LogP contribution in [0.1, 0.15) is 48.3 Å². The maximum absolute atomic E-state index is 11.1. The van der Waals surface area contributed by atoms with E-state index < -0.39 is 0 Å². The Morgan fingerprint density at radius 1 is 1.35 bits per heavy atom. The molecular formula is C14H16N5O. The molecular weight excluding hydrogens is 254 g/mol. The van der Waals surface area contributed by atoms with E-state index in [0.717, 1.165) is 17.9 Å². The smallest absolute Gasteiger partial charge is 0.179 e. The minimum atomic E-state index is -0.0939. The molecule has 2 aromatic rings. The van der Waals surface area contributed by atoms with Crippen LogP contribution in [-0.2, 0) is 0 Å². The molecule has 0 spiro atoms. The van der Waals surface area contributed by atoms with Gasteiger partial charge < -0.3 is 5.32 Å². The molecule has 1 saturated carbocycles. The first kappa shape index (κ1) is 12.8. The topological polar surface area (TPSA) is 83.6 Å². The summed E-state index contributed by atoms with van der Waals surface area (Å²) in [7, 11) is 0. The Bertz CT molecular complexity index is 598. The zero-order valence-corrected chi connectivity index (χ0v) is 11.3. The Morgan fingerprint density at radius 2 is 2.25 bits per heavy atom. The molecule has 0 saturated heterocycles. The van der Waals surface area contributed by atoms with Gasteiger partial charge in [-0.3, -0.25) is 9.89 Å². The molecule has 1 radical (unpaired) electrons. The zero-order valence-electron chi connectivity index (χ0n) is 11.3. The number of hydrogen-bond acceptors (Lipinski definition) is 5. The Hall–Kier alpha value is -2.24. The van der Waals surface area contributed by atoms with Gasteiger partial charge in [-0.2, -0.15) is 5.10 Å². The fourth-order valence-corrected chi connectivity index (χ4v) is 2.35. The van der Waals surface area contributed by atoms with Gasteiger partial charge in [0.25, 0.3) is 0 Å². The molecule has 0 aromatic carbocycles. The van der Waals surface area contributed by atoms with Crippen LogP contribution in [0.2, 0.25) is 0 Å². The number of nitrogens with zero attached hydrogens (tertiary/aromatic N) is 3. The average molecular weight is 270 g/mol. The van der Waals surface area contributed by atoms with Crippen molar-refractivity contribution in [1.82, 2.24) is 20.2 Å². The summed E-state index contributed by atoms with van der Waals surface area (Å²) < 4.78 is 0. The summed E-state index contributed by atoms with van der Waals surface area (Å²) in [6.45, 7) is 1.47. The van der Waals surface area contributed by atoms with Crippen molar-refractivity contribution in [3.63, 3.8) is 0 Å². The first-order chi connectivity index (χ1) is 9.72. The van der Waals surface area contributed by atoms with Crippen molar-refractivity contribution in [2.24, 2.45) is 0 Å². The van der Waals surface area contributed by atoms with E-state index in [9.17, 15) is 4.79 Å². The third-order valence-electron chi connectivity index (χ3n) is 3.48. The fraction of sp³-hybridized carbons (Fsp3) is 0.357. The van der Waals surface area contributed by atoms with E-state index >= 15 is 0 Å². The van der Waals surface area contributed by atoms with E-state index in [1.165, 1.54) is 32.2 Å². The largest absolute Gasteiger partial charge is 0.322 e. The summed E-state index contributed by atoms with van der Waals surface area (Å²) in [6.07, 6.45) is 8.76. The van der Waals surface area contributed by atoms with E-state index in [4.69, 9.17) is 0 Å². The van der Waals surface area contributed by atoms with Gasteiger partial charge in [-0.05, 0) is 25.7 Å². The number of H-pyrrole nitrogens is 1. The van der Waals surface area contributed by atoms with Gasteiger partial charge >= 0.3 is 0 Å². The lowest BCUT2D eigenvalue weighted by Gasteiger charge is -2.03. The molecule has 2 heterocycles. The van der Waals surface area contributed by atoms with E-state index in [2.05, 4.69) is 31.9 Å². The van der Waals surface area contributed by atoms with Crippen LogP contribution in [0.15, 0.2) is 18.5 Å². The van der Waals surface area contributed by atoms with Gasteiger partial charge in [0.1, 0.15) is 11.5 Å². The number of anilines is 2. The van der Waals surface area contributed by atoms with Gasteiger partial charge in [0.05, 0.1) is 12.4 Å². The predicted octanol–water partition coefficient (Wildman–Crippen LogP) is 2.62. The van der Waals surface area contributed by atoms with Crippen LogP contribution >= 0.6 is 0 Å². The molecule has 2 N–H and O–H groups in total. The maximum Gasteiger partial charge on any atom is 0.179 e. The minimum absolute atomic E-state index is 0.0939. The lowest BCUT2D eigenvalue weighted by atomic mass is 10.0. The van der Waals surface area contributed by atoms with Crippen LogP contribution < -0.4 is 5.32 Å². The SMILES string of the molecule is CC(=O)c1cnc(Nc2cc([C@H]3C[CH]CC3)[nH]n2)cn1. The second kappa shape index (κ2) is 5.40. The number of hydrogen-bond donors (Lipinski definition) is 2. The normalized spacial score (nSPS) is 15.4. The summed E-state index contributed by atoms with van der Waals surface area (Å²) in [5, 5.41) is 10.4. The number of aromatic amines is 1. The molecule has 6 heteroatoms. The van der Waals surface area contributed by atoms with Crippen LogP contribution in [0, 0.1) is 6.42 Å². The molecule has 1 atom stereocenters. The number of carbonyl (C=O) groups excluding carboxylic acids is 1. The maximum atomic E-state index is 11.1. The molecule has 0 aliphatic heterocycles. The summed E-state index contributed by atoms with van der Waals surface area (Å²) in [5.41, 5.74) is 1.51. The molecule has 0 amide bonds. The van der Waals surface area contributed by atoms with Gasteiger partial charge in [0, 0.05) is 24.6 Å². The molecule has 2 aromatic heterocycles. The molecule has 20 heavy (non-hydrogen) atoms. The first-order valence-corrected chi connectivity index (χ1v) is 6.69. The summed E-state index contributed by atoms with van der Waals surface area (Å²) >= 11 is 0. The van der Waals surface area contributed by atoms with E-state index in [1.54, 1.807) is 0 Å². The van der Waals surface area contributed by atoms with Gasteiger partial charge in [-0.1, -0.05) is 0 Å². The van der Waals surface area contributed by atoms with Gasteiger partial charge in [0.15, 0.2) is 11.6 Å². The fourth-order valence-electron chi connectivity index (χ4n) is 2.35. The third kappa shape index (κ3) is 2.68. The van der Waals surface area contributed by atoms with Gasteiger partial charge in [-0.25, -0.2) is 9.97 Å². The quantitative estimate of drug-likeness (QED) is 0.834. The standard InChI is InChI=1S/C14H16N5O/c1-9(20)12-7-16-14(8-15-12)17-13-6-11(18-19-13)10-4-2-3-5-10/h2,6-8,10H,3-5H2,1H3,(H2,16,17,18,19)/t10-/m0/s1. The van der Waals surface area contributed by atoms with Crippen molar-refractivity contribution in [2.45, 2.75) is 32.1 Å². The Balaban J connectivity index is 1.69. The molecule has 1 aliphatic rings. The van der Waals surface area contributed by atoms with Crippen LogP contribution in [0.25, 0.3) is 0 Å². The number of aromatic nitrogens is 4. The molecule has 0 bridgehead atoms. The summed E-state index contributed by atoms with van der Waals surface area (Å²) in [5.74, 6) is 1.75. The minimum Gasteiger partial charge on any atom is -0.322 e. The van der Waals surface area contributed by atoms with Crippen LogP contribution in [-0.4, -0.2) is 25.9 Å². The number of Topliss-reactive ketones (excluding diaryl/α,β-unsaturated/α-hetero) is 1. The molecule has 1 aliphatic carbocycles. The number of carbonyl (C=O) groups is 1. The molecule has 103 valence electrons. The zero-order chi connectivity index (χ0) is 13.9. The van der Waals surface area contributed by atoms with Crippen LogP contribution in [0.3, 0.4) is 0 Å². The van der Waals surface area contributed by atoms with Crippen molar-refractivity contribution in [3.8, 4) is 0 Å². The van der Waals surface area contributed by atoms with Crippen LogP contribution in [0.5, 0.6) is 0 Å².